The van der Waals surface area contributed by atoms with E-state index in [2.05, 4.69) is 5.32 Å². The number of anilines is 1. The Balaban J connectivity index is 3.34. The highest BCUT2D eigenvalue weighted by molar-refractivity contribution is 7.89. The summed E-state index contributed by atoms with van der Waals surface area (Å²) in [7, 11) is -2.15. The lowest BCUT2D eigenvalue weighted by Gasteiger charge is -2.25. The largest absolute Gasteiger partial charge is 0.383 e. The second-order valence-electron chi connectivity index (χ2n) is 4.90. The molecule has 0 bridgehead atoms. The minimum absolute atomic E-state index is 0.0552. The van der Waals surface area contributed by atoms with Crippen molar-refractivity contribution in [3.05, 3.63) is 28.3 Å². The van der Waals surface area contributed by atoms with E-state index < -0.39 is 14.9 Å². The van der Waals surface area contributed by atoms with Crippen LogP contribution in [0.2, 0.25) is 0 Å². The zero-order valence-electron chi connectivity index (χ0n) is 12.7. The van der Waals surface area contributed by atoms with Crippen LogP contribution < -0.4 is 5.32 Å². The number of sulfonamides is 1. The van der Waals surface area contributed by atoms with E-state index >= 15 is 0 Å². The van der Waals surface area contributed by atoms with Gasteiger partial charge in [0.1, 0.15) is 5.69 Å². The highest BCUT2D eigenvalue weighted by Gasteiger charge is 2.28. The van der Waals surface area contributed by atoms with Gasteiger partial charge in [-0.25, -0.2) is 8.42 Å². The van der Waals surface area contributed by atoms with Gasteiger partial charge in [-0.15, -0.1) is 0 Å². The molecule has 0 aliphatic heterocycles. The summed E-state index contributed by atoms with van der Waals surface area (Å²) in [6.45, 7) is 5.92. The molecule has 0 aliphatic carbocycles. The zero-order valence-corrected chi connectivity index (χ0v) is 13.5. The molecule has 0 spiro atoms. The minimum Gasteiger partial charge on any atom is -0.383 e. The van der Waals surface area contributed by atoms with E-state index in [9.17, 15) is 18.5 Å². The molecule has 1 N–H and O–H groups in total. The van der Waals surface area contributed by atoms with Crippen molar-refractivity contribution in [1.82, 2.24) is 4.31 Å². The van der Waals surface area contributed by atoms with Gasteiger partial charge in [-0.1, -0.05) is 6.92 Å². The summed E-state index contributed by atoms with van der Waals surface area (Å²) in [6, 6.07) is 3.62. The molecule has 1 rings (SSSR count). The summed E-state index contributed by atoms with van der Waals surface area (Å²) in [5, 5.41) is 13.6. The minimum atomic E-state index is -3.67. The quantitative estimate of drug-likeness (QED) is 0.616. The lowest BCUT2D eigenvalue weighted by Crippen LogP contribution is -2.37. The monoisotopic (exact) mass is 315 g/mol. The molecule has 0 saturated carbocycles. The summed E-state index contributed by atoms with van der Waals surface area (Å²) in [6.07, 6.45) is 0.698. The number of hydrogen-bond acceptors (Lipinski definition) is 5. The van der Waals surface area contributed by atoms with Crippen molar-refractivity contribution < 1.29 is 13.3 Å². The van der Waals surface area contributed by atoms with Gasteiger partial charge in [0.2, 0.25) is 10.0 Å². The Morgan fingerprint density at radius 3 is 2.43 bits per heavy atom. The first-order chi connectivity index (χ1) is 9.75. The Hall–Kier alpha value is -1.67. The molecule has 0 amide bonds. The van der Waals surface area contributed by atoms with Crippen LogP contribution in [0.3, 0.4) is 0 Å². The molecule has 1 aromatic rings. The number of nitro benzene ring substituents is 1. The van der Waals surface area contributed by atoms with E-state index in [-0.39, 0.29) is 22.3 Å². The Labute approximate surface area is 125 Å². The van der Waals surface area contributed by atoms with Gasteiger partial charge in [0.15, 0.2) is 0 Å². The summed E-state index contributed by atoms with van der Waals surface area (Å²) < 4.78 is 26.7. The molecule has 0 unspecified atom stereocenters. The van der Waals surface area contributed by atoms with Crippen molar-refractivity contribution in [1.29, 1.82) is 0 Å². The van der Waals surface area contributed by atoms with Crippen LogP contribution in [0.1, 0.15) is 27.2 Å². The summed E-state index contributed by atoms with van der Waals surface area (Å²) in [5.41, 5.74) is 0.0318. The van der Waals surface area contributed by atoms with Crippen molar-refractivity contribution in [2.75, 3.05) is 18.9 Å². The molecule has 21 heavy (non-hydrogen) atoms. The normalized spacial score (nSPS) is 11.9. The molecule has 8 heteroatoms. The second-order valence-corrected chi connectivity index (χ2v) is 6.79. The van der Waals surface area contributed by atoms with Crippen LogP contribution in [-0.2, 0) is 10.0 Å². The van der Waals surface area contributed by atoms with Crippen molar-refractivity contribution >= 4 is 21.4 Å². The maximum Gasteiger partial charge on any atom is 0.292 e. The molecule has 0 radical (unpaired) electrons. The molecule has 0 saturated heterocycles. The van der Waals surface area contributed by atoms with Crippen molar-refractivity contribution in [3.63, 3.8) is 0 Å². The van der Waals surface area contributed by atoms with Gasteiger partial charge in [-0.05, 0) is 32.4 Å². The molecular weight excluding hydrogens is 294 g/mol. The number of benzene rings is 1. The van der Waals surface area contributed by atoms with E-state index in [1.165, 1.54) is 29.6 Å². The molecular formula is C13H21N3O4S. The second kappa shape index (κ2) is 6.86. The van der Waals surface area contributed by atoms with Crippen LogP contribution >= 0.6 is 0 Å². The lowest BCUT2D eigenvalue weighted by molar-refractivity contribution is -0.384. The van der Waals surface area contributed by atoms with Gasteiger partial charge in [0, 0.05) is 25.7 Å². The fourth-order valence-corrected chi connectivity index (χ4v) is 3.80. The molecule has 0 fully saturated rings. The molecule has 1 aromatic carbocycles. The predicted octanol–water partition coefficient (Wildman–Crippen LogP) is 2.45. The average Bonchev–Trinajstić information content (AvgIpc) is 2.43. The first-order valence-electron chi connectivity index (χ1n) is 6.73. The van der Waals surface area contributed by atoms with Gasteiger partial charge < -0.3 is 5.32 Å². The molecule has 118 valence electrons. The van der Waals surface area contributed by atoms with E-state index in [0.717, 1.165) is 0 Å². The fourth-order valence-electron chi connectivity index (χ4n) is 2.05. The first-order valence-corrected chi connectivity index (χ1v) is 8.17. The van der Waals surface area contributed by atoms with Gasteiger partial charge in [-0.2, -0.15) is 4.31 Å². The van der Waals surface area contributed by atoms with Gasteiger partial charge in [-0.3, -0.25) is 10.1 Å². The van der Waals surface area contributed by atoms with E-state index in [1.54, 1.807) is 13.8 Å². The SMILES string of the molecule is CCCN(C(C)C)S(=O)(=O)c1ccc([N+](=O)[O-])c(NC)c1. The van der Waals surface area contributed by atoms with Crippen LogP contribution in [-0.4, -0.2) is 37.3 Å². The molecule has 0 aromatic heterocycles. The van der Waals surface area contributed by atoms with Crippen LogP contribution in [0.25, 0.3) is 0 Å². The first kappa shape index (κ1) is 17.4. The van der Waals surface area contributed by atoms with Gasteiger partial charge in [0.05, 0.1) is 9.82 Å². The molecule has 0 atom stereocenters. The van der Waals surface area contributed by atoms with Crippen LogP contribution in [0, 0.1) is 10.1 Å². The average molecular weight is 315 g/mol. The number of nitro groups is 1. The Bertz CT molecular complexity index is 614. The van der Waals surface area contributed by atoms with Crippen LogP contribution in [0.4, 0.5) is 11.4 Å². The predicted molar refractivity (Wildman–Crippen MR) is 82.0 cm³/mol. The van der Waals surface area contributed by atoms with E-state index in [1.807, 2.05) is 6.92 Å². The maximum absolute atomic E-state index is 12.6. The zero-order chi connectivity index (χ0) is 16.2. The Morgan fingerprint density at radius 1 is 1.38 bits per heavy atom. The summed E-state index contributed by atoms with van der Waals surface area (Å²) in [4.78, 5) is 10.4. The standard InChI is InChI=1S/C13H21N3O4S/c1-5-8-15(10(2)3)21(19,20)11-6-7-13(16(17)18)12(9-11)14-4/h6-7,9-10,14H,5,8H2,1-4H3. The third-order valence-electron chi connectivity index (χ3n) is 3.06. The summed E-state index contributed by atoms with van der Waals surface area (Å²) in [5.74, 6) is 0. The van der Waals surface area contributed by atoms with Crippen LogP contribution in [0.5, 0.6) is 0 Å². The third kappa shape index (κ3) is 3.70. The lowest BCUT2D eigenvalue weighted by atomic mass is 10.3. The topological polar surface area (TPSA) is 92.5 Å². The number of nitrogens with zero attached hydrogens (tertiary/aromatic N) is 2. The van der Waals surface area contributed by atoms with E-state index in [0.29, 0.717) is 13.0 Å². The van der Waals surface area contributed by atoms with Gasteiger partial charge in [0.25, 0.3) is 5.69 Å². The number of rotatable bonds is 7. The van der Waals surface area contributed by atoms with Crippen molar-refractivity contribution in [2.45, 2.75) is 38.1 Å². The van der Waals surface area contributed by atoms with Crippen molar-refractivity contribution in [2.24, 2.45) is 0 Å². The third-order valence-corrected chi connectivity index (χ3v) is 5.13. The Morgan fingerprint density at radius 2 is 2.00 bits per heavy atom. The smallest absolute Gasteiger partial charge is 0.292 e. The highest BCUT2D eigenvalue weighted by Crippen LogP contribution is 2.29. The van der Waals surface area contributed by atoms with E-state index in [4.69, 9.17) is 0 Å². The molecule has 0 heterocycles. The highest BCUT2D eigenvalue weighted by atomic mass is 32.2. The maximum atomic E-state index is 12.6. The Kier molecular flexibility index (Phi) is 5.68. The van der Waals surface area contributed by atoms with Crippen molar-refractivity contribution in [3.8, 4) is 0 Å². The molecule has 0 aliphatic rings. The number of nitrogens with one attached hydrogen (secondary N) is 1. The fraction of sp³-hybridized carbons (Fsp3) is 0.538. The number of hydrogen-bond donors (Lipinski definition) is 1. The summed E-state index contributed by atoms with van der Waals surface area (Å²) >= 11 is 0. The van der Waals surface area contributed by atoms with Crippen LogP contribution in [0.15, 0.2) is 23.1 Å². The molecule has 7 nitrogen and oxygen atoms in total. The van der Waals surface area contributed by atoms with Gasteiger partial charge >= 0.3 is 0 Å².